The minimum Gasteiger partial charge on any atom is -0.322 e. The maximum Gasteiger partial charge on any atom is 0.166 e. The molecule has 0 radical (unpaired) electrons. The van der Waals surface area contributed by atoms with E-state index in [2.05, 4.69) is 15.4 Å². The largest absolute Gasteiger partial charge is 0.322 e. The molecule has 0 atom stereocenters. The summed E-state index contributed by atoms with van der Waals surface area (Å²) in [6.45, 7) is 1.93. The molecule has 0 aromatic carbocycles. The molecule has 0 amide bonds. The Morgan fingerprint density at radius 1 is 1.31 bits per heavy atom. The van der Waals surface area contributed by atoms with E-state index >= 15 is 0 Å². The predicted molar refractivity (Wildman–Crippen MR) is 63.0 cm³/mol. The highest BCUT2D eigenvalue weighted by Crippen LogP contribution is 2.22. The van der Waals surface area contributed by atoms with Gasteiger partial charge in [0.15, 0.2) is 5.65 Å². The Kier molecular flexibility index (Phi) is 1.81. The van der Waals surface area contributed by atoms with Crippen LogP contribution in [0.4, 0.5) is 5.69 Å². The third kappa shape index (κ3) is 1.15. The molecule has 0 aliphatic rings. The van der Waals surface area contributed by atoms with Crippen molar-refractivity contribution in [3.05, 3.63) is 36.2 Å². The summed E-state index contributed by atoms with van der Waals surface area (Å²) in [4.78, 5) is 8.96. The van der Waals surface area contributed by atoms with Crippen molar-refractivity contribution in [2.45, 2.75) is 6.92 Å². The number of aromatic nitrogens is 3. The molecular weight excluding hydrogens is 202 g/mol. The molecule has 0 fully saturated rings. The molecule has 0 bridgehead atoms. The number of hydrogen-bond acceptors (Lipinski definition) is 4. The molecule has 80 valence electrons. The topological polar surface area (TPSA) is 68.2 Å². The summed E-state index contributed by atoms with van der Waals surface area (Å²) in [6, 6.07) is 7.73. The first-order chi connectivity index (χ1) is 7.79. The molecule has 3 aromatic rings. The molecule has 0 unspecified atom stereocenters. The number of hydrogen-bond donors (Lipinski definition) is 2. The minimum absolute atomic E-state index is 0.791. The lowest BCUT2D eigenvalue weighted by molar-refractivity contribution is 1.15. The maximum absolute atomic E-state index is 5.48. The molecule has 0 saturated carbocycles. The average molecular weight is 213 g/mol. The van der Waals surface area contributed by atoms with Gasteiger partial charge >= 0.3 is 0 Å². The summed E-state index contributed by atoms with van der Waals surface area (Å²) < 4.78 is 1.95. The van der Waals surface area contributed by atoms with Crippen molar-refractivity contribution in [2.75, 3.05) is 5.43 Å². The van der Waals surface area contributed by atoms with Crippen LogP contribution in [0, 0.1) is 6.92 Å². The molecule has 5 nitrogen and oxygen atoms in total. The molecule has 5 heteroatoms. The Hall–Kier alpha value is -2.14. The van der Waals surface area contributed by atoms with Crippen LogP contribution in [0.1, 0.15) is 5.69 Å². The summed E-state index contributed by atoms with van der Waals surface area (Å²) in [5.74, 6) is 5.48. The first kappa shape index (κ1) is 9.11. The van der Waals surface area contributed by atoms with Crippen molar-refractivity contribution in [3.63, 3.8) is 0 Å². The number of nitrogen functional groups attached to an aromatic ring is 1. The zero-order valence-electron chi connectivity index (χ0n) is 8.81. The van der Waals surface area contributed by atoms with Crippen LogP contribution in [0.5, 0.6) is 0 Å². The van der Waals surface area contributed by atoms with Crippen LogP contribution in [0.3, 0.4) is 0 Å². The predicted octanol–water partition coefficient (Wildman–Crippen LogP) is 1.48. The molecule has 0 spiro atoms. The monoisotopic (exact) mass is 213 g/mol. The van der Waals surface area contributed by atoms with Crippen LogP contribution >= 0.6 is 0 Å². The van der Waals surface area contributed by atoms with Crippen LogP contribution in [0.25, 0.3) is 16.8 Å². The van der Waals surface area contributed by atoms with E-state index in [0.717, 1.165) is 28.2 Å². The number of nitrogens with zero attached hydrogens (tertiary/aromatic N) is 3. The third-order valence-electron chi connectivity index (χ3n) is 2.55. The third-order valence-corrected chi connectivity index (χ3v) is 2.55. The number of aryl methyl sites for hydroxylation is 1. The molecule has 3 N–H and O–H groups in total. The van der Waals surface area contributed by atoms with Gasteiger partial charge in [0.1, 0.15) is 11.2 Å². The average Bonchev–Trinajstić information content (AvgIpc) is 2.67. The van der Waals surface area contributed by atoms with E-state index in [1.54, 1.807) is 0 Å². The second-order valence-corrected chi connectivity index (χ2v) is 3.67. The van der Waals surface area contributed by atoms with Crippen LogP contribution in [-0.4, -0.2) is 14.4 Å². The molecular formula is C11H11N5. The minimum atomic E-state index is 0.791. The molecule has 3 aromatic heterocycles. The van der Waals surface area contributed by atoms with Gasteiger partial charge in [-0.25, -0.2) is 9.97 Å². The van der Waals surface area contributed by atoms with Gasteiger partial charge in [0.2, 0.25) is 0 Å². The van der Waals surface area contributed by atoms with Crippen molar-refractivity contribution in [1.29, 1.82) is 0 Å². The van der Waals surface area contributed by atoms with Crippen molar-refractivity contribution in [2.24, 2.45) is 5.84 Å². The summed E-state index contributed by atoms with van der Waals surface area (Å²) in [5.41, 5.74) is 6.84. The number of pyridine rings is 2. The van der Waals surface area contributed by atoms with Crippen molar-refractivity contribution >= 4 is 22.5 Å². The Balaban J connectivity index is 2.54. The highest BCUT2D eigenvalue weighted by molar-refractivity contribution is 5.88. The number of fused-ring (bicyclic) bond motifs is 3. The summed E-state index contributed by atoms with van der Waals surface area (Å²) in [7, 11) is 0. The number of nitrogens with one attached hydrogen (secondary N) is 1. The summed E-state index contributed by atoms with van der Waals surface area (Å²) in [6.07, 6.45) is 1.94. The lowest BCUT2D eigenvalue weighted by atomic mass is 10.3. The highest BCUT2D eigenvalue weighted by atomic mass is 15.2. The van der Waals surface area contributed by atoms with Gasteiger partial charge in [0.25, 0.3) is 0 Å². The van der Waals surface area contributed by atoms with E-state index in [1.165, 1.54) is 0 Å². The quantitative estimate of drug-likeness (QED) is 0.474. The molecule has 0 aliphatic carbocycles. The molecule has 16 heavy (non-hydrogen) atoms. The van der Waals surface area contributed by atoms with Gasteiger partial charge in [-0.3, -0.25) is 10.2 Å². The number of hydrazine groups is 1. The van der Waals surface area contributed by atoms with E-state index in [-0.39, 0.29) is 0 Å². The van der Waals surface area contributed by atoms with Gasteiger partial charge in [-0.2, -0.15) is 0 Å². The van der Waals surface area contributed by atoms with Crippen molar-refractivity contribution in [1.82, 2.24) is 14.4 Å². The molecule has 3 heterocycles. The number of imidazole rings is 1. The zero-order chi connectivity index (χ0) is 11.1. The van der Waals surface area contributed by atoms with Crippen LogP contribution < -0.4 is 11.3 Å². The normalized spacial score (nSPS) is 11.1. The van der Waals surface area contributed by atoms with Gasteiger partial charge in [-0.05, 0) is 25.1 Å². The molecule has 3 rings (SSSR count). The Morgan fingerprint density at radius 3 is 3.00 bits per heavy atom. The molecule has 0 aliphatic heterocycles. The zero-order valence-corrected chi connectivity index (χ0v) is 8.81. The summed E-state index contributed by atoms with van der Waals surface area (Å²) >= 11 is 0. The standard InChI is InChI=1S/C11H11N5/c1-7-6-8(15-12)10-11(13-7)16-5-3-2-4-9(16)14-10/h2-6H,12H2,1H3,(H,13,15). The lowest BCUT2D eigenvalue weighted by Crippen LogP contribution is -2.08. The molecule has 0 saturated heterocycles. The van der Waals surface area contributed by atoms with Crippen LogP contribution in [0.2, 0.25) is 0 Å². The van der Waals surface area contributed by atoms with Crippen molar-refractivity contribution < 1.29 is 0 Å². The van der Waals surface area contributed by atoms with Gasteiger partial charge in [0, 0.05) is 11.9 Å². The van der Waals surface area contributed by atoms with Crippen molar-refractivity contribution in [3.8, 4) is 0 Å². The second-order valence-electron chi connectivity index (χ2n) is 3.67. The number of nitrogens with two attached hydrogens (primary N) is 1. The van der Waals surface area contributed by atoms with Gasteiger partial charge in [0.05, 0.1) is 5.69 Å². The fourth-order valence-electron chi connectivity index (χ4n) is 1.86. The van der Waals surface area contributed by atoms with E-state index in [4.69, 9.17) is 5.84 Å². The van der Waals surface area contributed by atoms with E-state index in [0.29, 0.717) is 0 Å². The highest BCUT2D eigenvalue weighted by Gasteiger charge is 2.09. The first-order valence-corrected chi connectivity index (χ1v) is 5.00. The van der Waals surface area contributed by atoms with Gasteiger partial charge in [-0.15, -0.1) is 0 Å². The second kappa shape index (κ2) is 3.18. The fourth-order valence-corrected chi connectivity index (χ4v) is 1.86. The Labute approximate surface area is 91.9 Å². The van der Waals surface area contributed by atoms with Gasteiger partial charge < -0.3 is 5.43 Å². The smallest absolute Gasteiger partial charge is 0.166 e. The summed E-state index contributed by atoms with van der Waals surface area (Å²) in [5, 5.41) is 0. The number of anilines is 1. The maximum atomic E-state index is 5.48. The van der Waals surface area contributed by atoms with Crippen LogP contribution in [0.15, 0.2) is 30.5 Å². The Bertz CT molecular complexity index is 670. The van der Waals surface area contributed by atoms with Gasteiger partial charge in [-0.1, -0.05) is 6.07 Å². The fraction of sp³-hybridized carbons (Fsp3) is 0.0909. The SMILES string of the molecule is Cc1cc(NN)c2nc3ccccn3c2n1. The van der Waals surface area contributed by atoms with E-state index < -0.39 is 0 Å². The first-order valence-electron chi connectivity index (χ1n) is 5.00. The van der Waals surface area contributed by atoms with E-state index in [9.17, 15) is 0 Å². The number of rotatable bonds is 1. The lowest BCUT2D eigenvalue weighted by Gasteiger charge is -2.01. The van der Waals surface area contributed by atoms with E-state index in [1.807, 2.05) is 41.8 Å². The van der Waals surface area contributed by atoms with Crippen LogP contribution in [-0.2, 0) is 0 Å². The Morgan fingerprint density at radius 2 is 2.19 bits per heavy atom.